The van der Waals surface area contributed by atoms with Gasteiger partial charge in [0.05, 0.1) is 12.8 Å². The second-order valence-electron chi connectivity index (χ2n) is 3.30. The largest absolute Gasteiger partial charge is 0.495 e. The molecule has 98 valence electrons. The van der Waals surface area contributed by atoms with Crippen LogP contribution in [0.25, 0.3) is 0 Å². The van der Waals surface area contributed by atoms with Crippen molar-refractivity contribution in [3.05, 3.63) is 18.2 Å². The predicted octanol–water partition coefficient (Wildman–Crippen LogP) is 2.98. The molecule has 0 fully saturated rings. The van der Waals surface area contributed by atoms with Gasteiger partial charge in [0.2, 0.25) is 0 Å². The number of methoxy groups -OCH3 is 1. The van der Waals surface area contributed by atoms with Gasteiger partial charge in [-0.05, 0) is 12.1 Å². The molecule has 0 bridgehead atoms. The van der Waals surface area contributed by atoms with E-state index in [-0.39, 0.29) is 12.4 Å². The minimum Gasteiger partial charge on any atom is -0.495 e. The van der Waals surface area contributed by atoms with Crippen molar-refractivity contribution < 1.29 is 4.74 Å². The minimum absolute atomic E-state index is 0. The summed E-state index contributed by atoms with van der Waals surface area (Å²) in [6, 6.07) is 5.56. The van der Waals surface area contributed by atoms with E-state index in [0.29, 0.717) is 17.4 Å². The Morgan fingerprint density at radius 3 is 2.29 bits per heavy atom. The molecule has 0 amide bonds. The number of halogens is 3. The topological polar surface area (TPSA) is 38.5 Å². The van der Waals surface area contributed by atoms with Crippen LogP contribution in [-0.4, -0.2) is 32.0 Å². The summed E-state index contributed by atoms with van der Waals surface area (Å²) in [7, 11) is 1.62. The molecule has 17 heavy (non-hydrogen) atoms. The first-order valence-electron chi connectivity index (χ1n) is 5.03. The third-order valence-corrected chi connectivity index (χ3v) is 2.59. The van der Waals surface area contributed by atoms with E-state index in [1.165, 1.54) is 0 Å². The lowest BCUT2D eigenvalue weighted by atomic mass is 10.2. The van der Waals surface area contributed by atoms with Crippen LogP contribution in [0.1, 0.15) is 0 Å². The Labute approximate surface area is 118 Å². The average Bonchev–Trinajstić information content (AvgIpc) is 2.28. The number of anilines is 2. The van der Waals surface area contributed by atoms with Crippen molar-refractivity contribution in [1.29, 1.82) is 0 Å². The van der Waals surface area contributed by atoms with Gasteiger partial charge < -0.3 is 15.4 Å². The number of rotatable bonds is 6. The number of nitrogens with zero attached hydrogens (tertiary/aromatic N) is 1. The smallest absolute Gasteiger partial charge is 0.144 e. The molecule has 0 unspecified atom stereocenters. The Balaban J connectivity index is 0.00000256. The van der Waals surface area contributed by atoms with Crippen LogP contribution in [0.2, 0.25) is 0 Å². The zero-order chi connectivity index (χ0) is 12.0. The van der Waals surface area contributed by atoms with Crippen molar-refractivity contribution in [3.8, 4) is 5.75 Å². The molecular formula is C11H17Cl3N2O. The number of benzene rings is 1. The lowest BCUT2D eigenvalue weighted by molar-refractivity contribution is 0.415. The number of hydrogen-bond donors (Lipinski definition) is 1. The molecule has 6 heteroatoms. The summed E-state index contributed by atoms with van der Waals surface area (Å²) in [4.78, 5) is 2.08. The van der Waals surface area contributed by atoms with E-state index in [0.717, 1.165) is 24.5 Å². The molecule has 0 aliphatic carbocycles. The van der Waals surface area contributed by atoms with Gasteiger partial charge in [0, 0.05) is 36.6 Å². The van der Waals surface area contributed by atoms with Gasteiger partial charge in [-0.15, -0.1) is 35.6 Å². The summed E-state index contributed by atoms with van der Waals surface area (Å²) in [5.74, 6) is 1.84. The molecule has 1 rings (SSSR count). The van der Waals surface area contributed by atoms with E-state index in [2.05, 4.69) is 4.90 Å². The summed E-state index contributed by atoms with van der Waals surface area (Å²) >= 11 is 11.5. The monoisotopic (exact) mass is 298 g/mol. The molecule has 2 N–H and O–H groups in total. The highest BCUT2D eigenvalue weighted by Crippen LogP contribution is 2.30. The Hall–Kier alpha value is -0.510. The molecule has 0 spiro atoms. The second-order valence-corrected chi connectivity index (χ2v) is 4.05. The third kappa shape index (κ3) is 4.70. The van der Waals surface area contributed by atoms with Crippen LogP contribution in [0, 0.1) is 0 Å². The quantitative estimate of drug-likeness (QED) is 0.648. The van der Waals surface area contributed by atoms with Crippen molar-refractivity contribution in [1.82, 2.24) is 0 Å². The molecule has 0 atom stereocenters. The predicted molar refractivity (Wildman–Crippen MR) is 78.3 cm³/mol. The van der Waals surface area contributed by atoms with Crippen molar-refractivity contribution >= 4 is 47.0 Å². The Morgan fingerprint density at radius 1 is 1.24 bits per heavy atom. The molecule has 0 saturated heterocycles. The van der Waals surface area contributed by atoms with E-state index in [1.807, 2.05) is 12.1 Å². The van der Waals surface area contributed by atoms with Gasteiger partial charge in [-0.1, -0.05) is 0 Å². The van der Waals surface area contributed by atoms with E-state index < -0.39 is 0 Å². The maximum Gasteiger partial charge on any atom is 0.144 e. The fourth-order valence-electron chi connectivity index (χ4n) is 1.51. The van der Waals surface area contributed by atoms with Gasteiger partial charge >= 0.3 is 0 Å². The molecule has 0 radical (unpaired) electrons. The van der Waals surface area contributed by atoms with Gasteiger partial charge in [0.15, 0.2) is 0 Å². The number of alkyl halides is 2. The van der Waals surface area contributed by atoms with Gasteiger partial charge in [0.25, 0.3) is 0 Å². The van der Waals surface area contributed by atoms with Crippen LogP contribution in [-0.2, 0) is 0 Å². The first kappa shape index (κ1) is 16.5. The van der Waals surface area contributed by atoms with Crippen LogP contribution in [0.15, 0.2) is 18.2 Å². The van der Waals surface area contributed by atoms with E-state index in [9.17, 15) is 0 Å². The van der Waals surface area contributed by atoms with Crippen molar-refractivity contribution in [2.45, 2.75) is 0 Å². The van der Waals surface area contributed by atoms with Gasteiger partial charge in [-0.25, -0.2) is 0 Å². The standard InChI is InChI=1S/C11H16Cl2N2O.ClH/c1-16-11-8-9(14)2-3-10(11)15(6-4-12)7-5-13;/h2-3,8H,4-7,14H2,1H3;1H. The summed E-state index contributed by atoms with van der Waals surface area (Å²) in [5, 5.41) is 0. The highest BCUT2D eigenvalue weighted by molar-refractivity contribution is 6.18. The van der Waals surface area contributed by atoms with Crippen LogP contribution in [0.4, 0.5) is 11.4 Å². The lowest BCUT2D eigenvalue weighted by Gasteiger charge is -2.24. The van der Waals surface area contributed by atoms with Crippen LogP contribution >= 0.6 is 35.6 Å². The third-order valence-electron chi connectivity index (χ3n) is 2.25. The lowest BCUT2D eigenvalue weighted by Crippen LogP contribution is -2.28. The Bertz CT molecular complexity index is 330. The fraction of sp³-hybridized carbons (Fsp3) is 0.455. The molecule has 1 aromatic rings. The normalized spacial score (nSPS) is 9.59. The Morgan fingerprint density at radius 2 is 1.82 bits per heavy atom. The van der Waals surface area contributed by atoms with E-state index in [1.54, 1.807) is 13.2 Å². The minimum atomic E-state index is 0. The van der Waals surface area contributed by atoms with Crippen molar-refractivity contribution in [3.63, 3.8) is 0 Å². The number of hydrogen-bond acceptors (Lipinski definition) is 3. The highest BCUT2D eigenvalue weighted by atomic mass is 35.5. The summed E-state index contributed by atoms with van der Waals surface area (Å²) in [6.45, 7) is 1.46. The number of ether oxygens (including phenoxy) is 1. The van der Waals surface area contributed by atoms with Crippen molar-refractivity contribution in [2.75, 3.05) is 42.6 Å². The first-order valence-corrected chi connectivity index (χ1v) is 6.10. The molecule has 0 saturated carbocycles. The maximum atomic E-state index is 5.76. The molecule has 1 aromatic carbocycles. The zero-order valence-electron chi connectivity index (χ0n) is 9.66. The van der Waals surface area contributed by atoms with Crippen LogP contribution in [0.3, 0.4) is 0 Å². The molecular weight excluding hydrogens is 282 g/mol. The van der Waals surface area contributed by atoms with Gasteiger partial charge in [0.1, 0.15) is 5.75 Å². The summed E-state index contributed by atoms with van der Waals surface area (Å²) in [6.07, 6.45) is 0. The SMILES string of the molecule is COc1cc(N)ccc1N(CCCl)CCCl.Cl. The average molecular weight is 300 g/mol. The molecule has 0 heterocycles. The Kier molecular flexibility index (Phi) is 8.30. The molecule has 0 aliphatic rings. The maximum absolute atomic E-state index is 5.76. The highest BCUT2D eigenvalue weighted by Gasteiger charge is 2.11. The summed E-state index contributed by atoms with van der Waals surface area (Å²) in [5.41, 5.74) is 7.35. The van der Waals surface area contributed by atoms with Crippen LogP contribution in [0.5, 0.6) is 5.75 Å². The molecule has 0 aliphatic heterocycles. The van der Waals surface area contributed by atoms with E-state index >= 15 is 0 Å². The fourth-order valence-corrected chi connectivity index (χ4v) is 1.92. The van der Waals surface area contributed by atoms with E-state index in [4.69, 9.17) is 33.7 Å². The second kappa shape index (κ2) is 8.56. The first-order chi connectivity index (χ1) is 7.72. The molecule has 0 aromatic heterocycles. The van der Waals surface area contributed by atoms with Crippen molar-refractivity contribution in [2.24, 2.45) is 0 Å². The number of nitrogen functional groups attached to an aromatic ring is 1. The molecule has 3 nitrogen and oxygen atoms in total. The van der Waals surface area contributed by atoms with Crippen LogP contribution < -0.4 is 15.4 Å². The summed E-state index contributed by atoms with van der Waals surface area (Å²) < 4.78 is 5.29. The van der Waals surface area contributed by atoms with Gasteiger partial charge in [-0.2, -0.15) is 0 Å². The number of nitrogens with two attached hydrogens (primary N) is 1. The van der Waals surface area contributed by atoms with Gasteiger partial charge in [-0.3, -0.25) is 0 Å². The zero-order valence-corrected chi connectivity index (χ0v) is 12.0.